The Kier molecular flexibility index (Phi) is 5.02. The van der Waals surface area contributed by atoms with Crippen molar-refractivity contribution in [2.24, 2.45) is 0 Å². The zero-order chi connectivity index (χ0) is 19.7. The van der Waals surface area contributed by atoms with Gasteiger partial charge >= 0.3 is 0 Å². The smallest absolute Gasteiger partial charge is 0.269 e. The van der Waals surface area contributed by atoms with Crippen LogP contribution in [0.4, 0.5) is 5.69 Å². The van der Waals surface area contributed by atoms with Crippen molar-refractivity contribution in [2.75, 3.05) is 5.32 Å². The van der Waals surface area contributed by atoms with Crippen molar-refractivity contribution in [3.05, 3.63) is 48.5 Å². The standard InChI is InChI=1S/C21H23NO5S/c1-14-20(27-19-9-5-4-8-18(19)26-14)21(23)22-15-10-12-17(13-11-15)28(24,25)16-6-2-3-7-16/h4-5,8-14,16,20H,2-3,6-7H2,1H3,(H,22,23)/t14-,20+/m0/s1. The summed E-state index contributed by atoms with van der Waals surface area (Å²) in [6, 6.07) is 13.5. The van der Waals surface area contributed by atoms with Crippen LogP contribution in [0.3, 0.4) is 0 Å². The van der Waals surface area contributed by atoms with Crippen molar-refractivity contribution in [2.45, 2.75) is 55.0 Å². The van der Waals surface area contributed by atoms with E-state index in [4.69, 9.17) is 9.47 Å². The molecule has 1 heterocycles. The Morgan fingerprint density at radius 2 is 1.57 bits per heavy atom. The highest BCUT2D eigenvalue weighted by atomic mass is 32.2. The Balaban J connectivity index is 1.45. The Morgan fingerprint density at radius 3 is 2.21 bits per heavy atom. The van der Waals surface area contributed by atoms with Crippen LogP contribution in [0.25, 0.3) is 0 Å². The first-order valence-corrected chi connectivity index (χ1v) is 11.1. The molecule has 0 aromatic heterocycles. The maximum atomic E-state index is 12.7. The van der Waals surface area contributed by atoms with Crippen LogP contribution in [0.2, 0.25) is 0 Å². The molecule has 2 atom stereocenters. The molecule has 4 rings (SSSR count). The number of carbonyl (C=O) groups excluding carboxylic acids is 1. The number of anilines is 1. The summed E-state index contributed by atoms with van der Waals surface area (Å²) >= 11 is 0. The third kappa shape index (κ3) is 3.58. The molecule has 148 valence electrons. The molecule has 0 bridgehead atoms. The van der Waals surface area contributed by atoms with Crippen molar-refractivity contribution in [3.63, 3.8) is 0 Å². The van der Waals surface area contributed by atoms with Gasteiger partial charge in [-0.2, -0.15) is 0 Å². The van der Waals surface area contributed by atoms with Gasteiger partial charge in [0.2, 0.25) is 6.10 Å². The molecule has 0 saturated heterocycles. The topological polar surface area (TPSA) is 81.7 Å². The lowest BCUT2D eigenvalue weighted by atomic mass is 10.1. The number of rotatable bonds is 4. The second-order valence-corrected chi connectivity index (χ2v) is 9.50. The van der Waals surface area contributed by atoms with E-state index in [0.29, 0.717) is 22.1 Å². The second kappa shape index (κ2) is 7.47. The SMILES string of the molecule is C[C@@H]1Oc2ccccc2O[C@H]1C(=O)Nc1ccc(S(=O)(=O)C2CCCC2)cc1. The normalized spacial score (nSPS) is 22.0. The monoisotopic (exact) mass is 401 g/mol. The van der Waals surface area contributed by atoms with Crippen LogP contribution < -0.4 is 14.8 Å². The fraction of sp³-hybridized carbons (Fsp3) is 0.381. The Morgan fingerprint density at radius 1 is 0.964 bits per heavy atom. The Hall–Kier alpha value is -2.54. The quantitative estimate of drug-likeness (QED) is 0.847. The van der Waals surface area contributed by atoms with Gasteiger partial charge in [0.1, 0.15) is 6.10 Å². The lowest BCUT2D eigenvalue weighted by Crippen LogP contribution is -2.46. The Labute approximate surface area is 164 Å². The summed E-state index contributed by atoms with van der Waals surface area (Å²) in [4.78, 5) is 12.9. The summed E-state index contributed by atoms with van der Waals surface area (Å²) in [5.74, 6) is 0.799. The molecule has 2 aliphatic rings. The maximum absolute atomic E-state index is 12.7. The van der Waals surface area contributed by atoms with Crippen molar-refractivity contribution < 1.29 is 22.7 Å². The van der Waals surface area contributed by atoms with Crippen LogP contribution in [0.5, 0.6) is 11.5 Å². The van der Waals surface area contributed by atoms with E-state index in [1.807, 2.05) is 12.1 Å². The van der Waals surface area contributed by atoms with Gasteiger partial charge < -0.3 is 14.8 Å². The van der Waals surface area contributed by atoms with E-state index in [1.165, 1.54) is 0 Å². The van der Waals surface area contributed by atoms with Crippen molar-refractivity contribution in [1.82, 2.24) is 0 Å². The molecule has 1 amide bonds. The van der Waals surface area contributed by atoms with Gasteiger partial charge in [0.15, 0.2) is 21.3 Å². The van der Waals surface area contributed by atoms with E-state index in [1.54, 1.807) is 43.3 Å². The lowest BCUT2D eigenvalue weighted by molar-refractivity contribution is -0.128. The number of carbonyl (C=O) groups is 1. The molecular formula is C21H23NO5S. The molecular weight excluding hydrogens is 378 g/mol. The van der Waals surface area contributed by atoms with Gasteiger partial charge in [-0.15, -0.1) is 0 Å². The van der Waals surface area contributed by atoms with E-state index in [0.717, 1.165) is 25.7 Å². The van der Waals surface area contributed by atoms with Gasteiger partial charge in [-0.25, -0.2) is 8.42 Å². The highest BCUT2D eigenvalue weighted by molar-refractivity contribution is 7.92. The number of benzene rings is 2. The molecule has 0 radical (unpaired) electrons. The van der Waals surface area contributed by atoms with E-state index >= 15 is 0 Å². The molecule has 0 spiro atoms. The molecule has 1 N–H and O–H groups in total. The van der Waals surface area contributed by atoms with E-state index < -0.39 is 22.0 Å². The highest BCUT2D eigenvalue weighted by Crippen LogP contribution is 2.34. The summed E-state index contributed by atoms with van der Waals surface area (Å²) in [6.07, 6.45) is 2.12. The lowest BCUT2D eigenvalue weighted by Gasteiger charge is -2.31. The molecule has 2 aromatic carbocycles. The van der Waals surface area contributed by atoms with Crippen LogP contribution in [-0.4, -0.2) is 31.8 Å². The first-order valence-electron chi connectivity index (χ1n) is 9.52. The van der Waals surface area contributed by atoms with Crippen molar-refractivity contribution in [1.29, 1.82) is 0 Å². The number of fused-ring (bicyclic) bond motifs is 1. The van der Waals surface area contributed by atoms with Gasteiger partial charge in [0.25, 0.3) is 5.91 Å². The van der Waals surface area contributed by atoms with Crippen LogP contribution >= 0.6 is 0 Å². The minimum Gasteiger partial charge on any atom is -0.482 e. The first kappa shape index (κ1) is 18.8. The Bertz CT molecular complexity index is 965. The highest BCUT2D eigenvalue weighted by Gasteiger charge is 2.34. The minimum atomic E-state index is -3.30. The molecule has 6 nitrogen and oxygen atoms in total. The molecule has 1 saturated carbocycles. The third-order valence-electron chi connectivity index (χ3n) is 5.29. The molecule has 1 aliphatic carbocycles. The molecule has 1 fully saturated rings. The second-order valence-electron chi connectivity index (χ2n) is 7.27. The fourth-order valence-electron chi connectivity index (χ4n) is 3.74. The van der Waals surface area contributed by atoms with Crippen LogP contribution in [0.1, 0.15) is 32.6 Å². The summed E-state index contributed by atoms with van der Waals surface area (Å²) in [7, 11) is -3.30. The van der Waals surface area contributed by atoms with Gasteiger partial charge in [0.05, 0.1) is 10.1 Å². The van der Waals surface area contributed by atoms with Crippen molar-refractivity contribution in [3.8, 4) is 11.5 Å². The predicted molar refractivity (Wildman–Crippen MR) is 105 cm³/mol. The first-order chi connectivity index (χ1) is 13.4. The third-order valence-corrected chi connectivity index (χ3v) is 7.57. The number of ether oxygens (including phenoxy) is 2. The molecule has 2 aromatic rings. The zero-order valence-corrected chi connectivity index (χ0v) is 16.4. The number of nitrogens with one attached hydrogen (secondary N) is 1. The minimum absolute atomic E-state index is 0.290. The number of amides is 1. The van der Waals surface area contributed by atoms with Gasteiger partial charge in [-0.05, 0) is 56.2 Å². The van der Waals surface area contributed by atoms with Crippen LogP contribution in [-0.2, 0) is 14.6 Å². The average molecular weight is 401 g/mol. The molecule has 28 heavy (non-hydrogen) atoms. The van der Waals surface area contributed by atoms with E-state index in [-0.39, 0.29) is 11.2 Å². The number of para-hydroxylation sites is 2. The summed E-state index contributed by atoms with van der Waals surface area (Å²) < 4.78 is 36.9. The molecule has 0 unspecified atom stereocenters. The number of hydrogen-bond acceptors (Lipinski definition) is 5. The van der Waals surface area contributed by atoms with Gasteiger partial charge in [-0.1, -0.05) is 25.0 Å². The number of sulfone groups is 1. The molecule has 7 heteroatoms. The average Bonchev–Trinajstić information content (AvgIpc) is 3.23. The fourth-order valence-corrected chi connectivity index (χ4v) is 5.59. The summed E-state index contributed by atoms with van der Waals surface area (Å²) in [5, 5.41) is 2.49. The van der Waals surface area contributed by atoms with E-state index in [2.05, 4.69) is 5.32 Å². The van der Waals surface area contributed by atoms with Gasteiger partial charge in [0, 0.05) is 5.69 Å². The molecule has 1 aliphatic heterocycles. The van der Waals surface area contributed by atoms with Crippen LogP contribution in [0, 0.1) is 0 Å². The summed E-state index contributed by atoms with van der Waals surface area (Å²) in [5.41, 5.74) is 0.519. The zero-order valence-electron chi connectivity index (χ0n) is 15.6. The number of hydrogen-bond donors (Lipinski definition) is 1. The van der Waals surface area contributed by atoms with Crippen LogP contribution in [0.15, 0.2) is 53.4 Å². The predicted octanol–water partition coefficient (Wildman–Crippen LogP) is 3.57. The van der Waals surface area contributed by atoms with Gasteiger partial charge in [-0.3, -0.25) is 4.79 Å². The largest absolute Gasteiger partial charge is 0.482 e. The van der Waals surface area contributed by atoms with E-state index in [9.17, 15) is 13.2 Å². The summed E-state index contributed by atoms with van der Waals surface area (Å²) in [6.45, 7) is 1.78. The van der Waals surface area contributed by atoms with Crippen molar-refractivity contribution >= 4 is 21.4 Å². The maximum Gasteiger partial charge on any atom is 0.269 e.